The number of carbonyl (C=O) groups is 2. The maximum atomic E-state index is 12.7. The molecule has 0 aliphatic carbocycles. The largest absolute Gasteiger partial charge is 0.480 e. The number of aliphatic carboxylic acids is 1. The van der Waals surface area contributed by atoms with Crippen LogP contribution >= 0.6 is 11.8 Å². The molecule has 0 spiro atoms. The van der Waals surface area contributed by atoms with Crippen LogP contribution in [0.4, 0.5) is 0 Å². The minimum Gasteiger partial charge on any atom is -0.480 e. The number of hydrogen-bond acceptors (Lipinski definition) is 3. The molecule has 0 bridgehead atoms. The highest BCUT2D eigenvalue weighted by Crippen LogP contribution is 2.27. The van der Waals surface area contributed by atoms with Gasteiger partial charge in [0.2, 0.25) is 0 Å². The van der Waals surface area contributed by atoms with Gasteiger partial charge in [0.25, 0.3) is 5.91 Å². The minimum atomic E-state index is -0.899. The molecule has 26 heavy (non-hydrogen) atoms. The summed E-state index contributed by atoms with van der Waals surface area (Å²) >= 11 is 1.17. The molecule has 5 heteroatoms. The Morgan fingerprint density at radius 1 is 0.923 bits per heavy atom. The summed E-state index contributed by atoms with van der Waals surface area (Å²) in [5.41, 5.74) is 2.79. The van der Waals surface area contributed by atoms with Gasteiger partial charge in [-0.15, -0.1) is 11.8 Å². The zero-order chi connectivity index (χ0) is 19.3. The fourth-order valence-electron chi connectivity index (χ4n) is 2.53. The Morgan fingerprint density at radius 2 is 1.50 bits per heavy atom. The molecule has 2 aromatic carbocycles. The number of carboxylic acid groups (broad SMARTS) is 1. The van der Waals surface area contributed by atoms with E-state index in [2.05, 4.69) is 31.3 Å². The van der Waals surface area contributed by atoms with E-state index in [-0.39, 0.29) is 11.9 Å². The van der Waals surface area contributed by atoms with Crippen LogP contribution in [0.2, 0.25) is 0 Å². The van der Waals surface area contributed by atoms with E-state index in [1.54, 1.807) is 25.1 Å². The number of benzene rings is 2. The van der Waals surface area contributed by atoms with Gasteiger partial charge in [0.1, 0.15) is 5.25 Å². The van der Waals surface area contributed by atoms with Crippen molar-refractivity contribution in [3.63, 3.8) is 0 Å². The number of hydrogen-bond donors (Lipinski definition) is 2. The fraction of sp³-hybridized carbons (Fsp3) is 0.333. The molecule has 0 saturated heterocycles. The summed E-state index contributed by atoms with van der Waals surface area (Å²) in [5.74, 6) is -0.635. The molecule has 1 amide bonds. The average Bonchev–Trinajstić information content (AvgIpc) is 2.61. The monoisotopic (exact) mass is 371 g/mol. The predicted molar refractivity (Wildman–Crippen MR) is 106 cm³/mol. The van der Waals surface area contributed by atoms with Gasteiger partial charge < -0.3 is 10.4 Å². The fourth-order valence-corrected chi connectivity index (χ4v) is 3.45. The number of thioether (sulfide) groups is 1. The summed E-state index contributed by atoms with van der Waals surface area (Å²) in [6.45, 7) is 7.85. The van der Waals surface area contributed by atoms with Crippen molar-refractivity contribution in [3.05, 3.63) is 65.2 Å². The van der Waals surface area contributed by atoms with E-state index in [0.29, 0.717) is 16.4 Å². The van der Waals surface area contributed by atoms with E-state index in [0.717, 1.165) is 5.56 Å². The second kappa shape index (κ2) is 8.90. The number of amides is 1. The second-order valence-electron chi connectivity index (χ2n) is 6.61. The third-order valence-corrected chi connectivity index (χ3v) is 5.40. The molecule has 2 aromatic rings. The summed E-state index contributed by atoms with van der Waals surface area (Å²) in [7, 11) is 0. The first kappa shape index (κ1) is 20.0. The van der Waals surface area contributed by atoms with E-state index in [9.17, 15) is 9.59 Å². The molecular formula is C21H25NO3S. The van der Waals surface area contributed by atoms with Gasteiger partial charge in [-0.05, 0) is 43.0 Å². The van der Waals surface area contributed by atoms with E-state index >= 15 is 0 Å². The Kier molecular flexibility index (Phi) is 6.86. The Bertz CT molecular complexity index is 771. The molecule has 0 aromatic heterocycles. The minimum absolute atomic E-state index is 0.140. The van der Waals surface area contributed by atoms with E-state index < -0.39 is 11.2 Å². The van der Waals surface area contributed by atoms with Gasteiger partial charge in [-0.1, -0.05) is 50.2 Å². The van der Waals surface area contributed by atoms with Gasteiger partial charge in [-0.3, -0.25) is 9.59 Å². The summed E-state index contributed by atoms with van der Waals surface area (Å²) in [5, 5.41) is 11.5. The number of carbonyl (C=O) groups excluding carboxylic acids is 1. The first-order valence-electron chi connectivity index (χ1n) is 8.68. The van der Waals surface area contributed by atoms with Crippen molar-refractivity contribution in [3.8, 4) is 0 Å². The van der Waals surface area contributed by atoms with Gasteiger partial charge in [-0.25, -0.2) is 0 Å². The third kappa shape index (κ3) is 5.11. The number of carboxylic acids is 1. The highest BCUT2D eigenvalue weighted by atomic mass is 32.2. The average molecular weight is 372 g/mol. The molecule has 4 nitrogen and oxygen atoms in total. The smallest absolute Gasteiger partial charge is 0.316 e. The molecule has 0 aliphatic heterocycles. The first-order chi connectivity index (χ1) is 12.3. The quantitative estimate of drug-likeness (QED) is 0.682. The van der Waals surface area contributed by atoms with Crippen LogP contribution in [0.1, 0.15) is 61.1 Å². The van der Waals surface area contributed by atoms with Crippen LogP contribution in [0.3, 0.4) is 0 Å². The summed E-state index contributed by atoms with van der Waals surface area (Å²) in [4.78, 5) is 24.5. The maximum Gasteiger partial charge on any atom is 0.316 e. The predicted octanol–water partition coefficient (Wildman–Crippen LogP) is 4.87. The Morgan fingerprint density at radius 3 is 2.08 bits per heavy atom. The first-order valence-corrected chi connectivity index (χ1v) is 9.56. The zero-order valence-electron chi connectivity index (χ0n) is 15.5. The van der Waals surface area contributed by atoms with Crippen LogP contribution in [-0.2, 0) is 4.79 Å². The SMILES string of the molecule is CC(Sc1ccccc1C(=O)NC(C)c1ccc(C(C)C)cc1)C(=O)O. The zero-order valence-corrected chi connectivity index (χ0v) is 16.3. The van der Waals surface area contributed by atoms with Crippen molar-refractivity contribution in [2.75, 3.05) is 0 Å². The van der Waals surface area contributed by atoms with Crippen molar-refractivity contribution >= 4 is 23.6 Å². The second-order valence-corrected chi connectivity index (χ2v) is 7.99. The summed E-state index contributed by atoms with van der Waals surface area (Å²) in [6.07, 6.45) is 0. The van der Waals surface area contributed by atoms with Crippen molar-refractivity contribution in [1.82, 2.24) is 5.32 Å². The number of rotatable bonds is 7. The molecule has 0 fully saturated rings. The van der Waals surface area contributed by atoms with Crippen LogP contribution in [0.15, 0.2) is 53.4 Å². The van der Waals surface area contributed by atoms with Crippen LogP contribution in [-0.4, -0.2) is 22.2 Å². The Balaban J connectivity index is 2.13. The normalized spacial score (nSPS) is 13.3. The molecule has 2 unspecified atom stereocenters. The van der Waals surface area contributed by atoms with Crippen molar-refractivity contribution in [2.45, 2.75) is 49.8 Å². The van der Waals surface area contributed by atoms with E-state index in [1.165, 1.54) is 17.3 Å². The lowest BCUT2D eigenvalue weighted by atomic mass is 9.99. The van der Waals surface area contributed by atoms with Crippen LogP contribution in [0, 0.1) is 0 Å². The third-order valence-electron chi connectivity index (χ3n) is 4.23. The van der Waals surface area contributed by atoms with Crippen molar-refractivity contribution < 1.29 is 14.7 Å². The van der Waals surface area contributed by atoms with Gasteiger partial charge in [0.15, 0.2) is 0 Å². The van der Waals surface area contributed by atoms with Gasteiger partial charge in [0.05, 0.1) is 11.6 Å². The molecule has 0 aliphatic rings. The van der Waals surface area contributed by atoms with Crippen molar-refractivity contribution in [1.29, 1.82) is 0 Å². The topological polar surface area (TPSA) is 66.4 Å². The molecule has 2 atom stereocenters. The highest BCUT2D eigenvalue weighted by molar-refractivity contribution is 8.00. The van der Waals surface area contributed by atoms with E-state index in [4.69, 9.17) is 5.11 Å². The standard InChI is InChI=1S/C21H25NO3S/c1-13(2)16-9-11-17(12-10-16)14(3)22-20(23)18-7-5-6-8-19(18)26-15(4)21(24)25/h5-15H,1-4H3,(H,22,23)(H,24,25). The van der Waals surface area contributed by atoms with Crippen LogP contribution in [0.5, 0.6) is 0 Å². The molecule has 0 radical (unpaired) electrons. The maximum absolute atomic E-state index is 12.7. The lowest BCUT2D eigenvalue weighted by molar-refractivity contribution is -0.136. The Hall–Kier alpha value is -2.27. The van der Waals surface area contributed by atoms with Crippen LogP contribution in [0.25, 0.3) is 0 Å². The molecule has 2 N–H and O–H groups in total. The lowest BCUT2D eigenvalue weighted by Crippen LogP contribution is -2.27. The molecule has 138 valence electrons. The van der Waals surface area contributed by atoms with E-state index in [1.807, 2.05) is 25.1 Å². The van der Waals surface area contributed by atoms with Crippen molar-refractivity contribution in [2.24, 2.45) is 0 Å². The molecule has 2 rings (SSSR count). The molecule has 0 saturated carbocycles. The lowest BCUT2D eigenvalue weighted by Gasteiger charge is -2.17. The van der Waals surface area contributed by atoms with Gasteiger partial charge >= 0.3 is 5.97 Å². The summed E-state index contributed by atoms with van der Waals surface area (Å²) in [6, 6.07) is 15.2. The molecular weight excluding hydrogens is 346 g/mol. The molecule has 0 heterocycles. The van der Waals surface area contributed by atoms with Gasteiger partial charge in [0, 0.05) is 4.90 Å². The number of nitrogens with one attached hydrogen (secondary N) is 1. The van der Waals surface area contributed by atoms with Crippen LogP contribution < -0.4 is 5.32 Å². The Labute approximate surface area is 159 Å². The van der Waals surface area contributed by atoms with Gasteiger partial charge in [-0.2, -0.15) is 0 Å². The highest BCUT2D eigenvalue weighted by Gasteiger charge is 2.19. The summed E-state index contributed by atoms with van der Waals surface area (Å²) < 4.78 is 0.